The van der Waals surface area contributed by atoms with E-state index < -0.39 is 56.3 Å². The fourth-order valence-corrected chi connectivity index (χ4v) is 20.0. The van der Waals surface area contributed by atoms with E-state index in [9.17, 15) is 51.9 Å². The Labute approximate surface area is 690 Å². The van der Waals surface area contributed by atoms with E-state index in [1.165, 1.54) is 48.5 Å². The van der Waals surface area contributed by atoms with Crippen LogP contribution in [-0.2, 0) is 91.8 Å². The van der Waals surface area contributed by atoms with Crippen LogP contribution in [0.5, 0.6) is 0 Å². The summed E-state index contributed by atoms with van der Waals surface area (Å²) in [4.78, 5) is -1.03. The van der Waals surface area contributed by atoms with Crippen molar-refractivity contribution in [1.29, 1.82) is 0 Å². The Morgan fingerprint density at radius 1 is 0.235 bits per heavy atom. The molecule has 0 N–H and O–H groups in total. The molecule has 0 saturated heterocycles. The predicted octanol–water partition coefficient (Wildman–Crippen LogP) is 1.51. The molecule has 12 aromatic rings. The minimum Gasteiger partial charge on any atom is -0.744 e. The van der Waals surface area contributed by atoms with Gasteiger partial charge in [0.15, 0.2) is 0 Å². The van der Waals surface area contributed by atoms with E-state index in [2.05, 4.69) is 170 Å². The van der Waals surface area contributed by atoms with Crippen molar-refractivity contribution in [2.75, 3.05) is 0 Å². The number of fused-ring (bicyclic) bond motifs is 2. The maximum absolute atomic E-state index is 11.8. The van der Waals surface area contributed by atoms with Gasteiger partial charge in [-0.15, -0.1) is 0 Å². The summed E-state index contributed by atoms with van der Waals surface area (Å²) in [5.74, 6) is 0. The van der Waals surface area contributed by atoms with Gasteiger partial charge in [-0.2, -0.15) is 0 Å². The molecule has 0 saturated carbocycles. The number of aryl methyl sites for hydroxylation is 8. The fraction of sp³-hybridized carbons (Fsp3) is 0.150. The van der Waals surface area contributed by atoms with Crippen LogP contribution in [0.4, 0.5) is 0 Å². The zero-order chi connectivity index (χ0) is 68.6. The topological polar surface area (TPSA) is 229 Å². The number of hydrogen-bond acceptors (Lipinski definition) is 12. The van der Waals surface area contributed by atoms with Crippen LogP contribution in [0, 0.1) is 0 Å². The van der Waals surface area contributed by atoms with E-state index in [-0.39, 0.29) is 138 Å². The smallest absolute Gasteiger partial charge is 0.744 e. The van der Waals surface area contributed by atoms with Crippen molar-refractivity contribution >= 4 is 110 Å². The first-order valence-corrected chi connectivity index (χ1v) is 40.6. The van der Waals surface area contributed by atoms with Crippen LogP contribution in [0.3, 0.4) is 0 Å². The molecule has 0 amide bonds. The number of hydrogen-bond donors (Lipinski definition) is 0. The molecule has 0 atom stereocenters. The SMILES string of the molecule is O=S(=O)([O-])c1ccc(CCCc2cccc(P(c3cccc(CCCc4ccc(S(=O)(=O)[O-])cc4)c3)c3ccc4ccccc4c3-c3c(P(c4cccc(CCCc5ccc(S(=O)(=O)[O-])cc5)c4)c4cccc(CCCc5ccc(S(=O)(=O)[O-])cc5)c4)ccc4ccccc34)c2)cc1.[Na+].[Na+].[Na+].[Na+]. The number of benzene rings is 12. The molecule has 0 aliphatic heterocycles. The van der Waals surface area contributed by atoms with Crippen molar-refractivity contribution in [1.82, 2.24) is 0 Å². The molecule has 0 heterocycles. The average molecular weight is 1500 g/mol. The Morgan fingerprint density at radius 3 is 0.696 bits per heavy atom. The normalized spacial score (nSPS) is 11.8. The largest absolute Gasteiger partial charge is 1.00 e. The first-order chi connectivity index (χ1) is 47.1. The van der Waals surface area contributed by atoms with Gasteiger partial charge < -0.3 is 18.2 Å². The summed E-state index contributed by atoms with van der Waals surface area (Å²) in [6.45, 7) is 0. The Kier molecular flexibility index (Phi) is 30.6. The van der Waals surface area contributed by atoms with Crippen LogP contribution >= 0.6 is 15.8 Å². The van der Waals surface area contributed by atoms with Crippen molar-refractivity contribution < 1.29 is 170 Å². The Bertz CT molecular complexity index is 4780. The number of rotatable bonds is 27. The van der Waals surface area contributed by atoms with Gasteiger partial charge in [-0.25, -0.2) is 33.7 Å². The minimum absolute atomic E-state index is 0. The predicted molar refractivity (Wildman–Crippen MR) is 390 cm³/mol. The molecule has 0 radical (unpaired) electrons. The molecule has 12 nitrogen and oxygen atoms in total. The molecule has 0 aliphatic carbocycles. The molecule has 22 heteroatoms. The van der Waals surface area contributed by atoms with Crippen molar-refractivity contribution in [3.05, 3.63) is 311 Å². The average Bonchev–Trinajstić information content (AvgIpc) is 0.730. The second-order valence-corrected chi connectivity index (χ2v) is 34.4. The van der Waals surface area contributed by atoms with E-state index in [0.717, 1.165) is 160 Å². The maximum Gasteiger partial charge on any atom is 1.00 e. The van der Waals surface area contributed by atoms with Gasteiger partial charge in [0.05, 0.1) is 19.6 Å². The van der Waals surface area contributed by atoms with Crippen LogP contribution in [0.2, 0.25) is 0 Å². The first-order valence-electron chi connectivity index (χ1n) is 32.3. The molecule has 0 fully saturated rings. The van der Waals surface area contributed by atoms with E-state index >= 15 is 0 Å². The quantitative estimate of drug-likeness (QED) is 0.0406. The Morgan fingerprint density at radius 2 is 0.461 bits per heavy atom. The van der Waals surface area contributed by atoms with Gasteiger partial charge in [0.2, 0.25) is 0 Å². The molecule has 0 spiro atoms. The standard InChI is InChI=1S/C80H72O12P2S4.4Na/c81-95(82,83)71-43-33-57(34-44-71)13-5-17-61-21-9-27-67(53-61)93(68-28-10-22-62(54-68)18-6-14-58-35-45-72(46-36-58)96(84,85)86)77-51-41-65-25-1-3-31-75(65)79(77)80-76-32-4-2-26-66(76)42-52-78(80)94(69-29-11-23-63(55-69)19-7-15-59-37-47-73(48-38-59)97(87,88)89)70-30-12-24-64(56-70)20-8-16-60-39-49-74(50-40-60)98(90,91)92;;;;/h1-4,9-12,21-56H,5-8,13-20H2,(H,81,82,83)(H,84,85,86)(H,87,88,89)(H,90,91,92);;;;/q;4*+1/p-4. The summed E-state index contributed by atoms with van der Waals surface area (Å²) in [5, 5.41) is 11.2. The zero-order valence-corrected chi connectivity index (χ0v) is 70.4. The van der Waals surface area contributed by atoms with E-state index in [4.69, 9.17) is 0 Å². The molecule has 0 bridgehead atoms. The van der Waals surface area contributed by atoms with Gasteiger partial charge in [0.1, 0.15) is 40.5 Å². The van der Waals surface area contributed by atoms with Crippen LogP contribution in [0.1, 0.15) is 70.2 Å². The van der Waals surface area contributed by atoms with Crippen molar-refractivity contribution in [3.8, 4) is 11.1 Å². The summed E-state index contributed by atoms with van der Waals surface area (Å²) >= 11 is 0. The molecule has 0 aliphatic rings. The van der Waals surface area contributed by atoms with Gasteiger partial charge in [-0.3, -0.25) is 0 Å². The van der Waals surface area contributed by atoms with Gasteiger partial charge >= 0.3 is 118 Å². The molecular formula is C80H68Na4O12P2S4. The Balaban J connectivity index is 0.00000330. The zero-order valence-electron chi connectivity index (χ0n) is 57.3. The molecule has 0 aromatic heterocycles. The van der Waals surface area contributed by atoms with E-state index in [0.29, 0.717) is 25.7 Å². The van der Waals surface area contributed by atoms with Crippen LogP contribution in [0.25, 0.3) is 32.7 Å². The fourth-order valence-electron chi connectivity index (χ4n) is 13.0. The summed E-state index contributed by atoms with van der Waals surface area (Å²) in [5.41, 5.74) is 10.5. The monoisotopic (exact) mass is 1500 g/mol. The van der Waals surface area contributed by atoms with Gasteiger partial charge in [0, 0.05) is 0 Å². The van der Waals surface area contributed by atoms with Crippen LogP contribution in [-0.4, -0.2) is 51.9 Å². The maximum atomic E-state index is 11.8. The first kappa shape index (κ1) is 83.3. The minimum atomic E-state index is -4.58. The van der Waals surface area contributed by atoms with Crippen LogP contribution < -0.4 is 150 Å². The molecule has 102 heavy (non-hydrogen) atoms. The molecule has 12 rings (SSSR count). The molecule has 12 aromatic carbocycles. The van der Waals surface area contributed by atoms with Crippen molar-refractivity contribution in [2.45, 2.75) is 96.6 Å². The van der Waals surface area contributed by atoms with Gasteiger partial charge in [0.25, 0.3) is 0 Å². The molecular weight excluding hydrogens is 1440 g/mol. The second-order valence-electron chi connectivity index (χ2n) is 24.5. The van der Waals surface area contributed by atoms with Crippen LogP contribution in [0.15, 0.2) is 287 Å². The Hall–Kier alpha value is -4.34. The van der Waals surface area contributed by atoms with Gasteiger partial charge in [-0.1, -0.05) is 218 Å². The van der Waals surface area contributed by atoms with E-state index in [1.54, 1.807) is 48.5 Å². The summed E-state index contributed by atoms with van der Waals surface area (Å²) in [6, 6.07) is 86.4. The molecule has 0 unspecified atom stereocenters. The van der Waals surface area contributed by atoms with Crippen molar-refractivity contribution in [3.63, 3.8) is 0 Å². The summed E-state index contributed by atoms with van der Waals surface area (Å²) in [7, 11) is -21.1. The summed E-state index contributed by atoms with van der Waals surface area (Å²) in [6.07, 6.45) is 8.62. The third-order valence-electron chi connectivity index (χ3n) is 17.8. The summed E-state index contributed by atoms with van der Waals surface area (Å²) < 4.78 is 141. The second kappa shape index (κ2) is 37.5. The third kappa shape index (κ3) is 21.5. The van der Waals surface area contributed by atoms with Gasteiger partial charge in [-0.05, 0) is 250 Å². The van der Waals surface area contributed by atoms with E-state index in [1.807, 2.05) is 0 Å². The van der Waals surface area contributed by atoms with Crippen molar-refractivity contribution in [2.24, 2.45) is 0 Å². The molecule has 498 valence electrons. The third-order valence-corrected chi connectivity index (χ3v) is 26.1.